The van der Waals surface area contributed by atoms with E-state index in [1.165, 1.54) is 12.4 Å². The maximum absolute atomic E-state index is 11.3. The van der Waals surface area contributed by atoms with Crippen LogP contribution in [0.3, 0.4) is 0 Å². The summed E-state index contributed by atoms with van der Waals surface area (Å²) in [7, 11) is 0. The first-order chi connectivity index (χ1) is 7.68. The second-order valence-corrected chi connectivity index (χ2v) is 3.28. The summed E-state index contributed by atoms with van der Waals surface area (Å²) in [4.78, 5) is 22.9. The van der Waals surface area contributed by atoms with Gasteiger partial charge in [-0.2, -0.15) is 0 Å². The van der Waals surface area contributed by atoms with Crippen molar-refractivity contribution in [1.82, 2.24) is 4.90 Å². The van der Waals surface area contributed by atoms with Gasteiger partial charge in [0.1, 0.15) is 0 Å². The van der Waals surface area contributed by atoms with Gasteiger partial charge < -0.3 is 5.11 Å². The fourth-order valence-electron chi connectivity index (χ4n) is 1.45. The predicted octanol–water partition coefficient (Wildman–Crippen LogP) is -0.354. The Bertz CT molecular complexity index is 587. The Kier molecular flexibility index (Phi) is 2.55. The zero-order valence-electron chi connectivity index (χ0n) is 8.33. The van der Waals surface area contributed by atoms with Crippen molar-refractivity contribution in [3.05, 3.63) is 47.0 Å². The maximum atomic E-state index is 11.3. The van der Waals surface area contributed by atoms with Crippen molar-refractivity contribution in [2.24, 2.45) is 0 Å². The van der Waals surface area contributed by atoms with Crippen molar-refractivity contribution in [3.8, 4) is 0 Å². The van der Waals surface area contributed by atoms with E-state index in [-0.39, 0.29) is 0 Å². The Morgan fingerprint density at radius 1 is 1.12 bits per heavy atom. The number of rotatable bonds is 0. The molecule has 1 amide bonds. The van der Waals surface area contributed by atoms with Crippen molar-refractivity contribution in [2.75, 3.05) is 0 Å². The average molecular weight is 215 g/mol. The van der Waals surface area contributed by atoms with Crippen LogP contribution >= 0.6 is 0 Å². The van der Waals surface area contributed by atoms with Crippen LogP contribution in [0, 0.1) is 0 Å². The first-order valence-electron chi connectivity index (χ1n) is 4.69. The molecule has 4 heteroatoms. The molecule has 0 radical (unpaired) electrons. The van der Waals surface area contributed by atoms with Crippen molar-refractivity contribution >= 4 is 24.2 Å². The third-order valence-corrected chi connectivity index (χ3v) is 2.21. The number of fused-ring (bicyclic) bond motifs is 1. The van der Waals surface area contributed by atoms with E-state index in [0.29, 0.717) is 0 Å². The highest BCUT2D eigenvalue weighted by molar-refractivity contribution is 6.32. The van der Waals surface area contributed by atoms with Crippen molar-refractivity contribution < 1.29 is 14.7 Å². The Hall–Kier alpha value is -2.36. The van der Waals surface area contributed by atoms with Crippen LogP contribution in [-0.2, 0) is 9.59 Å². The fraction of sp³-hybridized carbons (Fsp3) is 0. The summed E-state index contributed by atoms with van der Waals surface area (Å²) in [6.45, 7) is 0. The number of hydrogen-bond donors (Lipinski definition) is 1. The number of amides is 1. The van der Waals surface area contributed by atoms with E-state index in [0.717, 1.165) is 15.3 Å². The van der Waals surface area contributed by atoms with Crippen LogP contribution in [0.4, 0.5) is 0 Å². The molecule has 1 heterocycles. The highest BCUT2D eigenvalue weighted by Gasteiger charge is 2.17. The van der Waals surface area contributed by atoms with Crippen LogP contribution in [-0.4, -0.2) is 21.9 Å². The Labute approximate surface area is 91.4 Å². The zero-order chi connectivity index (χ0) is 11.5. The largest absolute Gasteiger partial charge is 0.474 e. The maximum Gasteiger partial charge on any atom is 0.395 e. The molecule has 1 aliphatic heterocycles. The number of nitrogens with zero attached hydrogens (tertiary/aromatic N) is 1. The molecule has 0 saturated carbocycles. The molecule has 1 N–H and O–H groups in total. The Morgan fingerprint density at radius 2 is 1.81 bits per heavy atom. The van der Waals surface area contributed by atoms with Crippen LogP contribution in [0.1, 0.15) is 0 Å². The molecule has 4 nitrogen and oxygen atoms in total. The van der Waals surface area contributed by atoms with Crippen LogP contribution in [0.25, 0.3) is 12.3 Å². The predicted molar refractivity (Wildman–Crippen MR) is 58.2 cm³/mol. The molecule has 0 atom stereocenters. The minimum absolute atomic E-state index is 0.808. The quantitative estimate of drug-likeness (QED) is 0.601. The second kappa shape index (κ2) is 4.02. The molecule has 2 rings (SSSR count). The van der Waals surface area contributed by atoms with Crippen LogP contribution in [0.15, 0.2) is 36.5 Å². The molecule has 0 unspecified atom stereocenters. The summed E-state index contributed by atoms with van der Waals surface area (Å²) >= 11 is 0. The minimum atomic E-state index is -1.47. The highest BCUT2D eigenvalue weighted by atomic mass is 16.4. The van der Waals surface area contributed by atoms with Gasteiger partial charge in [0.15, 0.2) is 0 Å². The molecule has 0 aliphatic carbocycles. The van der Waals surface area contributed by atoms with E-state index in [4.69, 9.17) is 5.11 Å². The van der Waals surface area contributed by atoms with Gasteiger partial charge in [0.2, 0.25) is 0 Å². The van der Waals surface area contributed by atoms with E-state index >= 15 is 0 Å². The van der Waals surface area contributed by atoms with Gasteiger partial charge in [0.25, 0.3) is 0 Å². The second-order valence-electron chi connectivity index (χ2n) is 3.28. The number of carbonyl (C=O) groups is 2. The molecule has 0 aromatic heterocycles. The number of benzene rings is 1. The smallest absolute Gasteiger partial charge is 0.395 e. The molecule has 0 spiro atoms. The van der Waals surface area contributed by atoms with Gasteiger partial charge >= 0.3 is 11.9 Å². The zero-order valence-corrected chi connectivity index (χ0v) is 8.33. The van der Waals surface area contributed by atoms with Gasteiger partial charge in [0.05, 0.1) is 0 Å². The molecule has 16 heavy (non-hydrogen) atoms. The van der Waals surface area contributed by atoms with E-state index < -0.39 is 11.9 Å². The number of carboxylic acids is 1. The number of carbonyl (C=O) groups excluding carboxylic acids is 1. The first kappa shape index (κ1) is 10.2. The molecule has 1 aromatic carbocycles. The molecule has 0 bridgehead atoms. The lowest BCUT2D eigenvalue weighted by Crippen LogP contribution is -2.32. The van der Waals surface area contributed by atoms with E-state index in [1.54, 1.807) is 6.08 Å². The van der Waals surface area contributed by atoms with Gasteiger partial charge in [-0.25, -0.2) is 4.79 Å². The van der Waals surface area contributed by atoms with Gasteiger partial charge in [-0.05, 0) is 16.5 Å². The first-order valence-corrected chi connectivity index (χ1v) is 4.69. The van der Waals surface area contributed by atoms with Crippen LogP contribution < -0.4 is 10.4 Å². The fourth-order valence-corrected chi connectivity index (χ4v) is 1.45. The van der Waals surface area contributed by atoms with E-state index in [1.807, 2.05) is 30.3 Å². The minimum Gasteiger partial charge on any atom is -0.474 e. The Morgan fingerprint density at radius 3 is 2.50 bits per heavy atom. The summed E-state index contributed by atoms with van der Waals surface area (Å²) in [5.74, 6) is -2.44. The molecule has 1 aromatic rings. The third kappa shape index (κ3) is 1.86. The number of aliphatic carboxylic acids is 1. The Balaban J connectivity index is 2.53. The summed E-state index contributed by atoms with van der Waals surface area (Å²) in [6, 6.07) is 7.43. The lowest BCUT2D eigenvalue weighted by atomic mass is 10.2. The molecule has 0 fully saturated rings. The van der Waals surface area contributed by atoms with Gasteiger partial charge in [0, 0.05) is 12.4 Å². The topological polar surface area (TPSA) is 57.6 Å². The van der Waals surface area contributed by atoms with Gasteiger partial charge in [-0.15, -0.1) is 0 Å². The number of hydrogen-bond acceptors (Lipinski definition) is 2. The van der Waals surface area contributed by atoms with Crippen molar-refractivity contribution in [2.45, 2.75) is 0 Å². The summed E-state index contributed by atoms with van der Waals surface area (Å²) < 4.78 is 0. The summed E-state index contributed by atoms with van der Waals surface area (Å²) in [6.07, 6.45) is 6.40. The molecule has 80 valence electrons. The molecule has 1 aliphatic rings. The van der Waals surface area contributed by atoms with Gasteiger partial charge in [-0.1, -0.05) is 30.3 Å². The van der Waals surface area contributed by atoms with Gasteiger partial charge in [-0.3, -0.25) is 9.69 Å². The molecular formula is C12H9NO3. The van der Waals surface area contributed by atoms with Crippen LogP contribution in [0.2, 0.25) is 0 Å². The monoisotopic (exact) mass is 215 g/mol. The standard InChI is InChI=1S/C12H9NO3/c14-11(12(15)16)13-7-3-6-9-4-1-2-5-10(9)8-13/h1-8H,(H,15,16). The lowest BCUT2D eigenvalue weighted by molar-refractivity contribution is -0.152. The molecule has 0 saturated heterocycles. The van der Waals surface area contributed by atoms with Crippen LogP contribution in [0.5, 0.6) is 0 Å². The number of carboxylic acid groups (broad SMARTS) is 1. The van der Waals surface area contributed by atoms with E-state index in [9.17, 15) is 9.59 Å². The number of allylic oxidation sites excluding steroid dienone is 1. The summed E-state index contributed by atoms with van der Waals surface area (Å²) in [5.41, 5.74) is 0. The molecular weight excluding hydrogens is 206 g/mol. The van der Waals surface area contributed by atoms with Crippen molar-refractivity contribution in [1.29, 1.82) is 0 Å². The summed E-state index contributed by atoms with van der Waals surface area (Å²) in [5, 5.41) is 10.4. The highest BCUT2D eigenvalue weighted by Crippen LogP contribution is 1.96. The third-order valence-electron chi connectivity index (χ3n) is 2.21. The SMILES string of the molecule is O=C(O)C(=O)N1C=CC=c2ccccc2=C1. The van der Waals surface area contributed by atoms with Crippen molar-refractivity contribution in [3.63, 3.8) is 0 Å². The normalized spacial score (nSPS) is 13.1. The average Bonchev–Trinajstić information content (AvgIpc) is 2.49. The lowest BCUT2D eigenvalue weighted by Gasteiger charge is -2.08. The van der Waals surface area contributed by atoms with E-state index in [2.05, 4.69) is 0 Å².